The molecular weight excluding hydrogens is 198 g/mol. The zero-order chi connectivity index (χ0) is 11.2. The molecule has 0 aliphatic carbocycles. The first-order valence-electron chi connectivity index (χ1n) is 5.97. The van der Waals surface area contributed by atoms with Gasteiger partial charge >= 0.3 is 0 Å². The van der Waals surface area contributed by atoms with Gasteiger partial charge in [-0.15, -0.1) is 0 Å². The minimum absolute atomic E-state index is 0.907. The number of rotatable bonds is 4. The van der Waals surface area contributed by atoms with E-state index in [1.807, 2.05) is 0 Å². The van der Waals surface area contributed by atoms with Crippen LogP contribution >= 0.6 is 0 Å². The molecule has 1 N–H and O–H groups in total. The summed E-state index contributed by atoms with van der Waals surface area (Å²) in [5, 5.41) is 3.34. The third-order valence-corrected chi connectivity index (χ3v) is 2.67. The minimum atomic E-state index is 0.907. The lowest BCUT2D eigenvalue weighted by Gasteiger charge is -2.24. The summed E-state index contributed by atoms with van der Waals surface area (Å²) >= 11 is 0. The lowest BCUT2D eigenvalue weighted by Crippen LogP contribution is -2.38. The Morgan fingerprint density at radius 2 is 2.12 bits per heavy atom. The summed E-state index contributed by atoms with van der Waals surface area (Å²) in [5.41, 5.74) is 1.34. The molecule has 1 heterocycles. The number of hydrogen-bond acceptors (Lipinski definition) is 3. The van der Waals surface area contributed by atoms with E-state index < -0.39 is 0 Å². The zero-order valence-electron chi connectivity index (χ0n) is 9.82. The van der Waals surface area contributed by atoms with Crippen molar-refractivity contribution in [3.05, 3.63) is 35.9 Å². The van der Waals surface area contributed by atoms with Gasteiger partial charge in [0.25, 0.3) is 0 Å². The Hall–Kier alpha value is -1.51. The summed E-state index contributed by atoms with van der Waals surface area (Å²) in [6.45, 7) is 6.09. The average molecular weight is 217 g/mol. The Balaban J connectivity index is 2.02. The van der Waals surface area contributed by atoms with Gasteiger partial charge in [-0.2, -0.15) is 0 Å². The van der Waals surface area contributed by atoms with Crippen molar-refractivity contribution in [1.29, 1.82) is 0 Å². The van der Waals surface area contributed by atoms with Gasteiger partial charge in [-0.1, -0.05) is 37.3 Å². The number of hydrogen-bond donors (Lipinski definition) is 1. The Morgan fingerprint density at radius 3 is 2.75 bits per heavy atom. The Morgan fingerprint density at radius 1 is 1.31 bits per heavy atom. The minimum Gasteiger partial charge on any atom is -0.354 e. The second-order valence-corrected chi connectivity index (χ2v) is 4.04. The highest BCUT2D eigenvalue weighted by atomic mass is 15.3. The number of nitrogens with one attached hydrogen (secondary N) is 1. The van der Waals surface area contributed by atoms with Gasteiger partial charge in [0.05, 0.1) is 6.54 Å². The van der Waals surface area contributed by atoms with E-state index in [1.165, 1.54) is 5.56 Å². The van der Waals surface area contributed by atoms with Crippen molar-refractivity contribution in [2.45, 2.75) is 19.9 Å². The maximum atomic E-state index is 4.48. The molecule has 3 nitrogen and oxygen atoms in total. The maximum absolute atomic E-state index is 4.48. The van der Waals surface area contributed by atoms with E-state index in [9.17, 15) is 0 Å². The Kier molecular flexibility index (Phi) is 3.81. The highest BCUT2D eigenvalue weighted by Gasteiger charge is 2.13. The topological polar surface area (TPSA) is 27.6 Å². The van der Waals surface area contributed by atoms with E-state index in [1.54, 1.807) is 0 Å². The van der Waals surface area contributed by atoms with E-state index in [4.69, 9.17) is 0 Å². The summed E-state index contributed by atoms with van der Waals surface area (Å²) in [5.74, 6) is 1.06. The van der Waals surface area contributed by atoms with Crippen molar-refractivity contribution in [1.82, 2.24) is 10.2 Å². The van der Waals surface area contributed by atoms with E-state index in [0.717, 1.165) is 38.6 Å². The fraction of sp³-hybridized carbons (Fsp3) is 0.462. The van der Waals surface area contributed by atoms with Crippen molar-refractivity contribution < 1.29 is 0 Å². The van der Waals surface area contributed by atoms with Crippen LogP contribution in [0.3, 0.4) is 0 Å². The molecule has 2 rings (SSSR count). The molecule has 0 amide bonds. The summed E-state index contributed by atoms with van der Waals surface area (Å²) in [4.78, 5) is 6.80. The van der Waals surface area contributed by atoms with Crippen LogP contribution in [0.1, 0.15) is 18.9 Å². The monoisotopic (exact) mass is 217 g/mol. The number of nitrogens with zero attached hydrogens (tertiary/aromatic N) is 2. The van der Waals surface area contributed by atoms with Crippen LogP contribution in [-0.2, 0) is 6.54 Å². The van der Waals surface area contributed by atoms with Crippen molar-refractivity contribution in [2.75, 3.05) is 19.6 Å². The van der Waals surface area contributed by atoms with Gasteiger partial charge < -0.3 is 10.2 Å². The fourth-order valence-electron chi connectivity index (χ4n) is 1.93. The van der Waals surface area contributed by atoms with Gasteiger partial charge in [0.1, 0.15) is 0 Å². The smallest absolute Gasteiger partial charge is 0.194 e. The average Bonchev–Trinajstić information content (AvgIpc) is 2.83. The summed E-state index contributed by atoms with van der Waals surface area (Å²) < 4.78 is 0. The van der Waals surface area contributed by atoms with Crippen LogP contribution < -0.4 is 5.32 Å². The molecule has 1 aromatic carbocycles. The molecule has 0 saturated heterocycles. The largest absolute Gasteiger partial charge is 0.354 e. The molecular formula is C13H19N3. The normalized spacial score (nSPS) is 14.4. The lowest BCUT2D eigenvalue weighted by molar-refractivity contribution is 0.401. The van der Waals surface area contributed by atoms with E-state index in [0.29, 0.717) is 0 Å². The maximum Gasteiger partial charge on any atom is 0.194 e. The number of guanidine groups is 1. The van der Waals surface area contributed by atoms with E-state index in [2.05, 4.69) is 52.5 Å². The Labute approximate surface area is 97.2 Å². The van der Waals surface area contributed by atoms with Crippen LogP contribution in [0.15, 0.2) is 35.3 Å². The summed E-state index contributed by atoms with van der Waals surface area (Å²) in [6, 6.07) is 10.6. The molecule has 3 heteroatoms. The molecule has 0 fully saturated rings. The molecule has 1 aliphatic rings. The van der Waals surface area contributed by atoms with Crippen LogP contribution in [-0.4, -0.2) is 30.5 Å². The molecule has 0 aromatic heterocycles. The second kappa shape index (κ2) is 5.54. The third kappa shape index (κ3) is 2.75. The van der Waals surface area contributed by atoms with E-state index in [-0.39, 0.29) is 0 Å². The van der Waals surface area contributed by atoms with Gasteiger partial charge in [-0.3, -0.25) is 4.99 Å². The summed E-state index contributed by atoms with van der Waals surface area (Å²) in [7, 11) is 0. The van der Waals surface area contributed by atoms with Crippen molar-refractivity contribution >= 4 is 5.96 Å². The highest BCUT2D eigenvalue weighted by Crippen LogP contribution is 2.06. The predicted octanol–water partition coefficient (Wildman–Crippen LogP) is 1.86. The predicted molar refractivity (Wildman–Crippen MR) is 67.4 cm³/mol. The van der Waals surface area contributed by atoms with Crippen LogP contribution in [0.5, 0.6) is 0 Å². The molecule has 86 valence electrons. The van der Waals surface area contributed by atoms with Crippen molar-refractivity contribution in [2.24, 2.45) is 4.99 Å². The van der Waals surface area contributed by atoms with Gasteiger partial charge in [-0.05, 0) is 12.0 Å². The molecule has 0 unspecified atom stereocenters. The quantitative estimate of drug-likeness (QED) is 0.833. The van der Waals surface area contributed by atoms with Crippen LogP contribution in [0.4, 0.5) is 0 Å². The van der Waals surface area contributed by atoms with Gasteiger partial charge in [0.2, 0.25) is 0 Å². The molecule has 0 atom stereocenters. The lowest BCUT2D eigenvalue weighted by atomic mass is 10.2. The molecule has 0 radical (unpaired) electrons. The molecule has 0 bridgehead atoms. The van der Waals surface area contributed by atoms with Gasteiger partial charge in [0.15, 0.2) is 5.96 Å². The Bertz CT molecular complexity index is 345. The molecule has 0 saturated carbocycles. The summed E-state index contributed by atoms with van der Waals surface area (Å²) in [6.07, 6.45) is 1.15. The molecule has 0 spiro atoms. The second-order valence-electron chi connectivity index (χ2n) is 4.04. The molecule has 1 aromatic rings. The third-order valence-electron chi connectivity index (χ3n) is 2.67. The fourth-order valence-corrected chi connectivity index (χ4v) is 1.93. The SMILES string of the molecule is CCCN(Cc1ccccc1)C1=NCCN1. The van der Waals surface area contributed by atoms with Crippen LogP contribution in [0.2, 0.25) is 0 Å². The first-order chi connectivity index (χ1) is 7.90. The van der Waals surface area contributed by atoms with Gasteiger partial charge in [-0.25, -0.2) is 0 Å². The van der Waals surface area contributed by atoms with Gasteiger partial charge in [0, 0.05) is 19.6 Å². The number of benzene rings is 1. The van der Waals surface area contributed by atoms with Crippen LogP contribution in [0.25, 0.3) is 0 Å². The van der Waals surface area contributed by atoms with Crippen molar-refractivity contribution in [3.8, 4) is 0 Å². The molecule has 1 aliphatic heterocycles. The highest BCUT2D eigenvalue weighted by molar-refractivity contribution is 5.81. The van der Waals surface area contributed by atoms with E-state index >= 15 is 0 Å². The first kappa shape index (κ1) is 11.0. The van der Waals surface area contributed by atoms with Crippen molar-refractivity contribution in [3.63, 3.8) is 0 Å². The zero-order valence-corrected chi connectivity index (χ0v) is 9.82. The standard InChI is InChI=1S/C13H19N3/c1-2-10-16(13-14-8-9-15-13)11-12-6-4-3-5-7-12/h3-7H,2,8-11H2,1H3,(H,14,15). The van der Waals surface area contributed by atoms with Crippen LogP contribution in [0, 0.1) is 0 Å². The number of aliphatic imine (C=N–C) groups is 1. The molecule has 16 heavy (non-hydrogen) atoms. The first-order valence-corrected chi connectivity index (χ1v) is 5.97.